The first-order valence-electron chi connectivity index (χ1n) is 7.21. The SMILES string of the molecule is CCC1CC(C)CN1C(=O)CC(N)c1ccccc1.Cl. The monoisotopic (exact) mass is 296 g/mol. The van der Waals surface area contributed by atoms with Crippen molar-refractivity contribution in [2.24, 2.45) is 11.7 Å². The summed E-state index contributed by atoms with van der Waals surface area (Å²) >= 11 is 0. The second-order valence-corrected chi connectivity index (χ2v) is 5.67. The zero-order valence-electron chi connectivity index (χ0n) is 12.3. The van der Waals surface area contributed by atoms with E-state index in [4.69, 9.17) is 5.73 Å². The number of carbonyl (C=O) groups excluding carboxylic acids is 1. The Morgan fingerprint density at radius 1 is 1.40 bits per heavy atom. The average molecular weight is 297 g/mol. The van der Waals surface area contributed by atoms with Crippen LogP contribution in [0.4, 0.5) is 0 Å². The number of hydrogen-bond donors (Lipinski definition) is 1. The number of rotatable bonds is 4. The number of hydrogen-bond acceptors (Lipinski definition) is 2. The topological polar surface area (TPSA) is 46.3 Å². The Hall–Kier alpha value is -1.06. The molecule has 1 aliphatic heterocycles. The first kappa shape index (κ1) is 17.0. The van der Waals surface area contributed by atoms with E-state index in [0.29, 0.717) is 18.4 Å². The van der Waals surface area contributed by atoms with E-state index in [-0.39, 0.29) is 24.4 Å². The quantitative estimate of drug-likeness (QED) is 0.928. The van der Waals surface area contributed by atoms with Crippen molar-refractivity contribution in [2.75, 3.05) is 6.54 Å². The standard InChI is InChI=1S/C16H24N2O.ClH/c1-3-14-9-12(2)11-18(14)16(19)10-15(17)13-7-5-4-6-8-13;/h4-8,12,14-15H,3,9-11,17H2,1-2H3;1H. The molecule has 0 radical (unpaired) electrons. The number of carbonyl (C=O) groups is 1. The number of nitrogens with zero attached hydrogens (tertiary/aromatic N) is 1. The summed E-state index contributed by atoms with van der Waals surface area (Å²) in [7, 11) is 0. The largest absolute Gasteiger partial charge is 0.339 e. The van der Waals surface area contributed by atoms with Gasteiger partial charge in [-0.1, -0.05) is 44.2 Å². The third kappa shape index (κ3) is 3.97. The Morgan fingerprint density at radius 3 is 2.65 bits per heavy atom. The van der Waals surface area contributed by atoms with E-state index in [0.717, 1.165) is 24.9 Å². The normalized spacial score (nSPS) is 23.2. The summed E-state index contributed by atoms with van der Waals surface area (Å²) in [5.74, 6) is 0.814. The Balaban J connectivity index is 0.00000200. The molecule has 1 heterocycles. The fourth-order valence-corrected chi connectivity index (χ4v) is 2.97. The van der Waals surface area contributed by atoms with Crippen LogP contribution < -0.4 is 5.73 Å². The minimum Gasteiger partial charge on any atom is -0.339 e. The van der Waals surface area contributed by atoms with Crippen LogP contribution in [0.25, 0.3) is 0 Å². The first-order valence-corrected chi connectivity index (χ1v) is 7.21. The molecule has 3 unspecified atom stereocenters. The van der Waals surface area contributed by atoms with Crippen molar-refractivity contribution >= 4 is 18.3 Å². The maximum atomic E-state index is 12.4. The molecular formula is C16H25ClN2O. The van der Waals surface area contributed by atoms with Gasteiger partial charge in [-0.25, -0.2) is 0 Å². The lowest BCUT2D eigenvalue weighted by atomic mass is 10.0. The number of halogens is 1. The molecule has 3 atom stereocenters. The number of amides is 1. The zero-order chi connectivity index (χ0) is 13.8. The highest BCUT2D eigenvalue weighted by Gasteiger charge is 2.32. The summed E-state index contributed by atoms with van der Waals surface area (Å²) < 4.78 is 0. The smallest absolute Gasteiger partial charge is 0.224 e. The van der Waals surface area contributed by atoms with Gasteiger partial charge < -0.3 is 10.6 Å². The van der Waals surface area contributed by atoms with Crippen molar-refractivity contribution < 1.29 is 4.79 Å². The molecule has 2 rings (SSSR count). The minimum absolute atomic E-state index is 0. The van der Waals surface area contributed by atoms with Gasteiger partial charge in [-0.2, -0.15) is 0 Å². The van der Waals surface area contributed by atoms with Crippen LogP contribution in [-0.4, -0.2) is 23.4 Å². The van der Waals surface area contributed by atoms with Crippen LogP contribution in [0.15, 0.2) is 30.3 Å². The van der Waals surface area contributed by atoms with Gasteiger partial charge in [0.05, 0.1) is 0 Å². The maximum Gasteiger partial charge on any atom is 0.224 e. The van der Waals surface area contributed by atoms with Crippen LogP contribution >= 0.6 is 12.4 Å². The lowest BCUT2D eigenvalue weighted by Gasteiger charge is -2.25. The van der Waals surface area contributed by atoms with E-state index < -0.39 is 0 Å². The first-order chi connectivity index (χ1) is 9.11. The average Bonchev–Trinajstić information content (AvgIpc) is 2.81. The molecule has 1 aromatic carbocycles. The molecule has 0 aliphatic carbocycles. The molecule has 20 heavy (non-hydrogen) atoms. The second-order valence-electron chi connectivity index (χ2n) is 5.67. The lowest BCUT2D eigenvalue weighted by Crippen LogP contribution is -2.37. The van der Waals surface area contributed by atoms with Gasteiger partial charge in [0.1, 0.15) is 0 Å². The molecule has 0 saturated carbocycles. The summed E-state index contributed by atoms with van der Waals surface area (Å²) in [6, 6.07) is 10.1. The minimum atomic E-state index is -0.192. The van der Waals surface area contributed by atoms with Gasteiger partial charge in [-0.15, -0.1) is 12.4 Å². The summed E-state index contributed by atoms with van der Waals surface area (Å²) in [4.78, 5) is 14.4. The van der Waals surface area contributed by atoms with Crippen molar-refractivity contribution in [3.8, 4) is 0 Å². The van der Waals surface area contributed by atoms with Crippen molar-refractivity contribution in [1.29, 1.82) is 0 Å². The van der Waals surface area contributed by atoms with Gasteiger partial charge in [0, 0.05) is 25.0 Å². The van der Waals surface area contributed by atoms with Crippen molar-refractivity contribution in [3.63, 3.8) is 0 Å². The molecule has 2 N–H and O–H groups in total. The van der Waals surface area contributed by atoms with Crippen LogP contribution in [0.5, 0.6) is 0 Å². The predicted molar refractivity (Wildman–Crippen MR) is 84.8 cm³/mol. The van der Waals surface area contributed by atoms with Crippen LogP contribution in [0, 0.1) is 5.92 Å². The van der Waals surface area contributed by atoms with E-state index in [1.807, 2.05) is 35.2 Å². The predicted octanol–water partition coefficient (Wildman–Crippen LogP) is 3.15. The van der Waals surface area contributed by atoms with Gasteiger partial charge in [-0.05, 0) is 24.3 Å². The van der Waals surface area contributed by atoms with E-state index in [1.54, 1.807) is 0 Å². The molecule has 0 bridgehead atoms. The fraction of sp³-hybridized carbons (Fsp3) is 0.562. The van der Waals surface area contributed by atoms with Gasteiger partial charge in [-0.3, -0.25) is 4.79 Å². The van der Waals surface area contributed by atoms with Crippen molar-refractivity contribution in [3.05, 3.63) is 35.9 Å². The molecule has 4 heteroatoms. The van der Waals surface area contributed by atoms with Gasteiger partial charge in [0.25, 0.3) is 0 Å². The number of likely N-dealkylation sites (tertiary alicyclic amines) is 1. The van der Waals surface area contributed by atoms with Crippen LogP contribution in [0.2, 0.25) is 0 Å². The molecule has 112 valence electrons. The summed E-state index contributed by atoms with van der Waals surface area (Å²) in [5.41, 5.74) is 7.18. The molecule has 1 fully saturated rings. The lowest BCUT2D eigenvalue weighted by molar-refractivity contribution is -0.132. The molecule has 0 spiro atoms. The summed E-state index contributed by atoms with van der Waals surface area (Å²) in [6.45, 7) is 5.26. The van der Waals surface area contributed by atoms with Crippen molar-refractivity contribution in [1.82, 2.24) is 4.90 Å². The second kappa shape index (κ2) is 7.65. The Bertz CT molecular complexity index is 424. The van der Waals surface area contributed by atoms with Crippen LogP contribution in [0.1, 0.15) is 44.7 Å². The Kier molecular flexibility index (Phi) is 6.50. The van der Waals surface area contributed by atoms with Crippen LogP contribution in [0.3, 0.4) is 0 Å². The van der Waals surface area contributed by atoms with Gasteiger partial charge >= 0.3 is 0 Å². The fourth-order valence-electron chi connectivity index (χ4n) is 2.97. The van der Waals surface area contributed by atoms with E-state index in [1.165, 1.54) is 0 Å². The molecule has 3 nitrogen and oxygen atoms in total. The number of benzene rings is 1. The molecule has 1 aromatic rings. The number of nitrogens with two attached hydrogens (primary N) is 1. The molecule has 1 amide bonds. The molecule has 1 saturated heterocycles. The Morgan fingerprint density at radius 2 is 2.05 bits per heavy atom. The Labute approximate surface area is 127 Å². The zero-order valence-corrected chi connectivity index (χ0v) is 13.1. The third-order valence-corrected chi connectivity index (χ3v) is 4.04. The van der Waals surface area contributed by atoms with E-state index >= 15 is 0 Å². The van der Waals surface area contributed by atoms with E-state index in [9.17, 15) is 4.79 Å². The summed E-state index contributed by atoms with van der Waals surface area (Å²) in [6.07, 6.45) is 2.58. The van der Waals surface area contributed by atoms with Gasteiger partial charge in [0.15, 0.2) is 0 Å². The van der Waals surface area contributed by atoms with Gasteiger partial charge in [0.2, 0.25) is 5.91 Å². The highest BCUT2D eigenvalue weighted by Crippen LogP contribution is 2.27. The molecule has 1 aliphatic rings. The van der Waals surface area contributed by atoms with E-state index in [2.05, 4.69) is 13.8 Å². The van der Waals surface area contributed by atoms with Crippen LogP contribution in [-0.2, 0) is 4.79 Å². The molecule has 0 aromatic heterocycles. The maximum absolute atomic E-state index is 12.4. The molecular weight excluding hydrogens is 272 g/mol. The highest BCUT2D eigenvalue weighted by molar-refractivity contribution is 5.85. The highest BCUT2D eigenvalue weighted by atomic mass is 35.5. The third-order valence-electron chi connectivity index (χ3n) is 4.04. The summed E-state index contributed by atoms with van der Waals surface area (Å²) in [5, 5.41) is 0. The van der Waals surface area contributed by atoms with Crippen molar-refractivity contribution in [2.45, 2.75) is 45.2 Å².